The van der Waals surface area contributed by atoms with E-state index in [1.165, 1.54) is 16.7 Å². The number of hydrogen-bond donors (Lipinski definition) is 2. The Morgan fingerprint density at radius 2 is 1.09 bits per heavy atom. The minimum absolute atomic E-state index is 0.127. The van der Waals surface area contributed by atoms with E-state index >= 15 is 0 Å². The Hall–Kier alpha value is -2.42. The van der Waals surface area contributed by atoms with Crippen molar-refractivity contribution < 1.29 is 0 Å². The molecule has 3 rings (SSSR count). The van der Waals surface area contributed by atoms with Crippen molar-refractivity contribution in [1.29, 1.82) is 0 Å². The fraction of sp³-hybridized carbons (Fsp3) is 0.143. The first-order chi connectivity index (χ1) is 11.4. The summed E-state index contributed by atoms with van der Waals surface area (Å²) in [6, 6.07) is 31.7. The third-order valence-electron chi connectivity index (χ3n) is 4.23. The molecular weight excluding hydrogens is 280 g/mol. The van der Waals surface area contributed by atoms with Crippen molar-refractivity contribution in [1.82, 2.24) is 5.43 Å². The van der Waals surface area contributed by atoms with E-state index in [2.05, 4.69) is 78.2 Å². The first-order valence-electron chi connectivity index (χ1n) is 7.98. The van der Waals surface area contributed by atoms with Crippen molar-refractivity contribution in [3.8, 4) is 0 Å². The van der Waals surface area contributed by atoms with Gasteiger partial charge in [-0.3, -0.25) is 11.3 Å². The van der Waals surface area contributed by atoms with Gasteiger partial charge < -0.3 is 0 Å². The highest BCUT2D eigenvalue weighted by Crippen LogP contribution is 2.29. The molecule has 1 atom stereocenters. The van der Waals surface area contributed by atoms with Crippen LogP contribution < -0.4 is 11.3 Å². The smallest absolute Gasteiger partial charge is 0.0360 e. The number of hydrazine groups is 1. The molecule has 116 valence electrons. The summed E-state index contributed by atoms with van der Waals surface area (Å²) in [5.41, 5.74) is 6.88. The maximum Gasteiger partial charge on any atom is 0.0360 e. The van der Waals surface area contributed by atoms with Gasteiger partial charge >= 0.3 is 0 Å². The van der Waals surface area contributed by atoms with E-state index in [0.29, 0.717) is 0 Å². The van der Waals surface area contributed by atoms with E-state index in [0.717, 1.165) is 6.42 Å². The van der Waals surface area contributed by atoms with Crippen molar-refractivity contribution in [3.63, 3.8) is 0 Å². The maximum absolute atomic E-state index is 5.95. The molecule has 23 heavy (non-hydrogen) atoms. The summed E-state index contributed by atoms with van der Waals surface area (Å²) in [6.45, 7) is 0. The van der Waals surface area contributed by atoms with Gasteiger partial charge in [-0.15, -0.1) is 0 Å². The zero-order chi connectivity index (χ0) is 15.9. The topological polar surface area (TPSA) is 38.0 Å². The lowest BCUT2D eigenvalue weighted by Gasteiger charge is -2.28. The molecule has 0 spiro atoms. The summed E-state index contributed by atoms with van der Waals surface area (Å²) in [5, 5.41) is 0. The van der Waals surface area contributed by atoms with Gasteiger partial charge in [0, 0.05) is 12.0 Å². The van der Waals surface area contributed by atoms with Gasteiger partial charge in [0.15, 0.2) is 0 Å². The van der Waals surface area contributed by atoms with Crippen LogP contribution in [-0.4, -0.2) is 6.04 Å². The maximum atomic E-state index is 5.95. The molecule has 0 heterocycles. The fourth-order valence-electron chi connectivity index (χ4n) is 3.12. The minimum Gasteiger partial charge on any atom is -0.271 e. The molecule has 0 radical (unpaired) electrons. The zero-order valence-corrected chi connectivity index (χ0v) is 13.1. The standard InChI is InChI=1S/C21H22N2/c22-23-20(16-17-10-4-1-5-11-17)21(18-12-6-2-7-13-18)19-14-8-3-9-15-19/h1-15,20-21,23H,16,22H2. The van der Waals surface area contributed by atoms with Gasteiger partial charge in [-0.05, 0) is 23.1 Å². The highest BCUT2D eigenvalue weighted by Gasteiger charge is 2.24. The summed E-state index contributed by atoms with van der Waals surface area (Å²) in [4.78, 5) is 0. The Morgan fingerprint density at radius 1 is 0.652 bits per heavy atom. The molecule has 2 nitrogen and oxygen atoms in total. The van der Waals surface area contributed by atoms with E-state index in [4.69, 9.17) is 5.84 Å². The molecule has 0 bridgehead atoms. The van der Waals surface area contributed by atoms with Crippen LogP contribution >= 0.6 is 0 Å². The van der Waals surface area contributed by atoms with Crippen molar-refractivity contribution in [3.05, 3.63) is 108 Å². The monoisotopic (exact) mass is 302 g/mol. The summed E-state index contributed by atoms with van der Waals surface area (Å²) >= 11 is 0. The molecule has 0 saturated heterocycles. The molecule has 3 N–H and O–H groups in total. The molecule has 0 aromatic heterocycles. The van der Waals surface area contributed by atoms with Gasteiger partial charge in [-0.1, -0.05) is 91.0 Å². The number of rotatable bonds is 6. The number of benzene rings is 3. The summed E-state index contributed by atoms with van der Waals surface area (Å²) in [6.07, 6.45) is 0.881. The Bertz CT molecular complexity index is 656. The van der Waals surface area contributed by atoms with Crippen LogP contribution in [-0.2, 0) is 6.42 Å². The van der Waals surface area contributed by atoms with Crippen molar-refractivity contribution in [2.45, 2.75) is 18.4 Å². The van der Waals surface area contributed by atoms with Crippen LogP contribution in [0, 0.1) is 0 Å². The fourth-order valence-corrected chi connectivity index (χ4v) is 3.12. The zero-order valence-electron chi connectivity index (χ0n) is 13.1. The molecule has 0 amide bonds. The second kappa shape index (κ2) is 7.73. The molecular formula is C21H22N2. The molecule has 0 fully saturated rings. The van der Waals surface area contributed by atoms with Crippen molar-refractivity contribution in [2.24, 2.45) is 5.84 Å². The van der Waals surface area contributed by atoms with Crippen LogP contribution in [0.25, 0.3) is 0 Å². The van der Waals surface area contributed by atoms with E-state index in [9.17, 15) is 0 Å². The molecule has 1 unspecified atom stereocenters. The second-order valence-electron chi connectivity index (χ2n) is 5.76. The summed E-state index contributed by atoms with van der Waals surface area (Å²) < 4.78 is 0. The van der Waals surface area contributed by atoms with Crippen LogP contribution in [0.15, 0.2) is 91.0 Å². The predicted molar refractivity (Wildman–Crippen MR) is 96.0 cm³/mol. The lowest BCUT2D eigenvalue weighted by atomic mass is 9.82. The molecule has 0 saturated carbocycles. The SMILES string of the molecule is NNC(Cc1ccccc1)C(c1ccccc1)c1ccccc1. The summed E-state index contributed by atoms with van der Waals surface area (Å²) in [7, 11) is 0. The minimum atomic E-state index is 0.127. The van der Waals surface area contributed by atoms with Gasteiger partial charge in [-0.2, -0.15) is 0 Å². The van der Waals surface area contributed by atoms with E-state index in [-0.39, 0.29) is 12.0 Å². The summed E-state index contributed by atoms with van der Waals surface area (Å²) in [5.74, 6) is 6.16. The molecule has 2 heteroatoms. The lowest BCUT2D eigenvalue weighted by molar-refractivity contribution is 0.475. The average Bonchev–Trinajstić information content (AvgIpc) is 2.64. The molecule has 3 aromatic rings. The van der Waals surface area contributed by atoms with Gasteiger partial charge in [0.2, 0.25) is 0 Å². The first kappa shape index (κ1) is 15.5. The highest BCUT2D eigenvalue weighted by atomic mass is 15.2. The number of nitrogens with one attached hydrogen (secondary N) is 1. The molecule has 3 aromatic carbocycles. The molecule has 0 aliphatic rings. The Labute approximate surface area is 138 Å². The second-order valence-corrected chi connectivity index (χ2v) is 5.76. The van der Waals surface area contributed by atoms with Gasteiger partial charge in [-0.25, -0.2) is 0 Å². The van der Waals surface area contributed by atoms with Crippen LogP contribution in [0.5, 0.6) is 0 Å². The Morgan fingerprint density at radius 3 is 1.52 bits per heavy atom. The molecule has 0 aliphatic carbocycles. The first-order valence-corrected chi connectivity index (χ1v) is 7.98. The largest absolute Gasteiger partial charge is 0.271 e. The van der Waals surface area contributed by atoms with Gasteiger partial charge in [0.05, 0.1) is 0 Å². The van der Waals surface area contributed by atoms with Crippen LogP contribution in [0.2, 0.25) is 0 Å². The Balaban J connectivity index is 1.96. The van der Waals surface area contributed by atoms with Crippen LogP contribution in [0.4, 0.5) is 0 Å². The van der Waals surface area contributed by atoms with Gasteiger partial charge in [0.25, 0.3) is 0 Å². The van der Waals surface area contributed by atoms with Crippen molar-refractivity contribution >= 4 is 0 Å². The number of nitrogens with two attached hydrogens (primary N) is 1. The third-order valence-corrected chi connectivity index (χ3v) is 4.23. The normalized spacial score (nSPS) is 12.3. The quantitative estimate of drug-likeness (QED) is 0.535. The third kappa shape index (κ3) is 3.86. The predicted octanol–water partition coefficient (Wildman–Crippen LogP) is 3.89. The van der Waals surface area contributed by atoms with E-state index in [1.807, 2.05) is 18.2 Å². The van der Waals surface area contributed by atoms with E-state index < -0.39 is 0 Å². The Kier molecular flexibility index (Phi) is 5.20. The average molecular weight is 302 g/mol. The van der Waals surface area contributed by atoms with Crippen LogP contribution in [0.1, 0.15) is 22.6 Å². The highest BCUT2D eigenvalue weighted by molar-refractivity contribution is 5.35. The lowest BCUT2D eigenvalue weighted by Crippen LogP contribution is -2.41. The van der Waals surface area contributed by atoms with E-state index in [1.54, 1.807) is 0 Å². The molecule has 0 aliphatic heterocycles. The van der Waals surface area contributed by atoms with Crippen molar-refractivity contribution in [2.75, 3.05) is 0 Å². The van der Waals surface area contributed by atoms with Crippen LogP contribution in [0.3, 0.4) is 0 Å². The van der Waals surface area contributed by atoms with Gasteiger partial charge in [0.1, 0.15) is 0 Å². The number of hydrogen-bond acceptors (Lipinski definition) is 2.